The third-order valence-corrected chi connectivity index (χ3v) is 2.52. The van der Waals surface area contributed by atoms with Gasteiger partial charge in [0.25, 0.3) is 0 Å². The predicted molar refractivity (Wildman–Crippen MR) is 70.0 cm³/mol. The number of ether oxygens (including phenoxy) is 1. The molecule has 18 heavy (non-hydrogen) atoms. The summed E-state index contributed by atoms with van der Waals surface area (Å²) in [6.45, 7) is 0.408. The Morgan fingerprint density at radius 3 is 2.89 bits per heavy atom. The second-order valence-electron chi connectivity index (χ2n) is 3.87. The third-order valence-electron chi connectivity index (χ3n) is 2.52. The molecule has 0 saturated carbocycles. The van der Waals surface area contributed by atoms with Crippen molar-refractivity contribution in [2.45, 2.75) is 6.42 Å². The molecule has 2 rings (SSSR count). The van der Waals surface area contributed by atoms with Crippen molar-refractivity contribution in [3.8, 4) is 5.88 Å². The average Bonchev–Trinajstić information content (AvgIpc) is 2.38. The van der Waals surface area contributed by atoms with Crippen LogP contribution in [0.3, 0.4) is 0 Å². The Hall–Kier alpha value is -2.14. The molecule has 5 heteroatoms. The van der Waals surface area contributed by atoms with E-state index in [1.165, 1.54) is 0 Å². The molecule has 0 amide bonds. The average molecular weight is 245 g/mol. The summed E-state index contributed by atoms with van der Waals surface area (Å²) in [6, 6.07) is 9.36. The molecule has 0 radical (unpaired) electrons. The summed E-state index contributed by atoms with van der Waals surface area (Å²) in [6.07, 6.45) is 0.520. The van der Waals surface area contributed by atoms with Crippen LogP contribution in [0.15, 0.2) is 30.3 Å². The van der Waals surface area contributed by atoms with E-state index in [2.05, 4.69) is 4.98 Å². The van der Waals surface area contributed by atoms with Crippen LogP contribution in [0.25, 0.3) is 10.9 Å². The van der Waals surface area contributed by atoms with Crippen LogP contribution >= 0.6 is 0 Å². The molecular weight excluding hydrogens is 230 g/mol. The first-order chi connectivity index (χ1) is 8.72. The van der Waals surface area contributed by atoms with Gasteiger partial charge in [-0.1, -0.05) is 18.2 Å². The fourth-order valence-electron chi connectivity index (χ4n) is 1.63. The van der Waals surface area contributed by atoms with Crippen LogP contribution in [0.1, 0.15) is 12.0 Å². The highest BCUT2D eigenvalue weighted by molar-refractivity contribution is 6.00. The summed E-state index contributed by atoms with van der Waals surface area (Å²) in [7, 11) is 0. The number of hydrogen-bond acceptors (Lipinski definition) is 4. The van der Waals surface area contributed by atoms with E-state index in [1.807, 2.05) is 24.3 Å². The Labute approximate surface area is 105 Å². The number of benzene rings is 1. The van der Waals surface area contributed by atoms with Gasteiger partial charge in [0.05, 0.1) is 17.7 Å². The SMILES string of the molecule is N=C(N)c1cc2ccccc2nc1OCCCO. The highest BCUT2D eigenvalue weighted by Crippen LogP contribution is 2.21. The first kappa shape index (κ1) is 12.3. The summed E-state index contributed by atoms with van der Waals surface area (Å²) in [5.74, 6) is 0.266. The first-order valence-corrected chi connectivity index (χ1v) is 5.70. The lowest BCUT2D eigenvalue weighted by Gasteiger charge is -2.10. The van der Waals surface area contributed by atoms with Gasteiger partial charge in [-0.05, 0) is 12.1 Å². The van der Waals surface area contributed by atoms with E-state index in [0.717, 1.165) is 10.9 Å². The Bertz CT molecular complexity index is 569. The summed E-state index contributed by atoms with van der Waals surface area (Å²) in [4.78, 5) is 4.34. The van der Waals surface area contributed by atoms with Gasteiger partial charge in [0, 0.05) is 18.4 Å². The largest absolute Gasteiger partial charge is 0.477 e. The maximum atomic E-state index is 8.73. The van der Waals surface area contributed by atoms with Crippen LogP contribution in [-0.4, -0.2) is 29.1 Å². The number of rotatable bonds is 5. The molecule has 94 valence electrons. The maximum Gasteiger partial charge on any atom is 0.225 e. The van der Waals surface area contributed by atoms with Crippen molar-refractivity contribution in [1.82, 2.24) is 4.98 Å². The van der Waals surface area contributed by atoms with Gasteiger partial charge in [-0.25, -0.2) is 4.98 Å². The number of nitrogens with zero attached hydrogens (tertiary/aromatic N) is 1. The van der Waals surface area contributed by atoms with E-state index in [1.54, 1.807) is 6.07 Å². The molecule has 4 N–H and O–H groups in total. The predicted octanol–water partition coefficient (Wildman–Crippen LogP) is 1.28. The monoisotopic (exact) mass is 245 g/mol. The lowest BCUT2D eigenvalue weighted by atomic mass is 10.1. The highest BCUT2D eigenvalue weighted by atomic mass is 16.5. The number of aliphatic hydroxyl groups excluding tert-OH is 1. The lowest BCUT2D eigenvalue weighted by Crippen LogP contribution is -2.15. The number of nitrogens with one attached hydrogen (secondary N) is 1. The Kier molecular flexibility index (Phi) is 3.74. The topological polar surface area (TPSA) is 92.2 Å². The molecule has 5 nitrogen and oxygen atoms in total. The highest BCUT2D eigenvalue weighted by Gasteiger charge is 2.10. The summed E-state index contributed by atoms with van der Waals surface area (Å²) in [5, 5.41) is 17.2. The van der Waals surface area contributed by atoms with Gasteiger partial charge < -0.3 is 15.6 Å². The molecule has 1 heterocycles. The number of fused-ring (bicyclic) bond motifs is 1. The van der Waals surface area contributed by atoms with E-state index < -0.39 is 0 Å². The summed E-state index contributed by atoms with van der Waals surface area (Å²) in [5.41, 5.74) is 6.80. The Morgan fingerprint density at radius 2 is 2.17 bits per heavy atom. The molecule has 0 saturated heterocycles. The molecule has 0 spiro atoms. The summed E-state index contributed by atoms with van der Waals surface area (Å²) >= 11 is 0. The third kappa shape index (κ3) is 2.57. The van der Waals surface area contributed by atoms with Crippen LogP contribution in [0.2, 0.25) is 0 Å². The molecule has 1 aromatic carbocycles. The van der Waals surface area contributed by atoms with Crippen LogP contribution in [0.4, 0.5) is 0 Å². The number of para-hydroxylation sites is 1. The second kappa shape index (κ2) is 5.46. The minimum atomic E-state index is -0.0766. The number of nitrogens with two attached hydrogens (primary N) is 1. The number of amidine groups is 1. The maximum absolute atomic E-state index is 8.73. The van der Waals surface area contributed by atoms with E-state index >= 15 is 0 Å². The fourth-order valence-corrected chi connectivity index (χ4v) is 1.63. The minimum absolute atomic E-state index is 0.0585. The normalized spacial score (nSPS) is 10.5. The van der Waals surface area contributed by atoms with Crippen molar-refractivity contribution >= 4 is 16.7 Å². The molecule has 0 atom stereocenters. The zero-order valence-corrected chi connectivity index (χ0v) is 9.89. The molecule has 2 aromatic rings. The molecule has 0 aliphatic rings. The van der Waals surface area contributed by atoms with Crippen LogP contribution in [0, 0.1) is 5.41 Å². The van der Waals surface area contributed by atoms with Crippen LogP contribution < -0.4 is 10.5 Å². The van der Waals surface area contributed by atoms with Crippen molar-refractivity contribution < 1.29 is 9.84 Å². The van der Waals surface area contributed by atoms with Gasteiger partial charge in [0.15, 0.2) is 0 Å². The molecule has 0 aliphatic heterocycles. The van der Waals surface area contributed by atoms with Crippen molar-refractivity contribution in [2.24, 2.45) is 5.73 Å². The number of nitrogen functional groups attached to an aromatic ring is 1. The van der Waals surface area contributed by atoms with Crippen LogP contribution in [0.5, 0.6) is 5.88 Å². The van der Waals surface area contributed by atoms with Gasteiger partial charge in [-0.2, -0.15) is 0 Å². The van der Waals surface area contributed by atoms with Crippen molar-refractivity contribution in [2.75, 3.05) is 13.2 Å². The van der Waals surface area contributed by atoms with Crippen molar-refractivity contribution in [3.63, 3.8) is 0 Å². The minimum Gasteiger partial charge on any atom is -0.477 e. The number of hydrogen-bond donors (Lipinski definition) is 3. The number of aromatic nitrogens is 1. The smallest absolute Gasteiger partial charge is 0.225 e. The van der Waals surface area contributed by atoms with E-state index in [9.17, 15) is 0 Å². The number of pyridine rings is 1. The molecular formula is C13H15N3O2. The fraction of sp³-hybridized carbons (Fsp3) is 0.231. The van der Waals surface area contributed by atoms with Gasteiger partial charge in [0.1, 0.15) is 5.84 Å². The molecule has 0 unspecified atom stereocenters. The van der Waals surface area contributed by atoms with Gasteiger partial charge in [-0.3, -0.25) is 5.41 Å². The Balaban J connectivity index is 2.41. The van der Waals surface area contributed by atoms with Gasteiger partial charge in [-0.15, -0.1) is 0 Å². The van der Waals surface area contributed by atoms with Gasteiger partial charge >= 0.3 is 0 Å². The van der Waals surface area contributed by atoms with Gasteiger partial charge in [0.2, 0.25) is 5.88 Å². The Morgan fingerprint density at radius 1 is 1.39 bits per heavy atom. The molecule has 0 bridgehead atoms. The zero-order valence-electron chi connectivity index (χ0n) is 9.89. The zero-order chi connectivity index (χ0) is 13.0. The molecule has 0 aliphatic carbocycles. The van der Waals surface area contributed by atoms with E-state index in [4.69, 9.17) is 21.0 Å². The number of aliphatic hydroxyl groups is 1. The van der Waals surface area contributed by atoms with Crippen LogP contribution in [-0.2, 0) is 0 Å². The quantitative estimate of drug-likeness (QED) is 0.420. The summed E-state index contributed by atoms with van der Waals surface area (Å²) < 4.78 is 5.46. The first-order valence-electron chi connectivity index (χ1n) is 5.70. The van der Waals surface area contributed by atoms with E-state index in [-0.39, 0.29) is 12.4 Å². The lowest BCUT2D eigenvalue weighted by molar-refractivity contribution is 0.229. The molecule has 0 fully saturated rings. The molecule has 1 aromatic heterocycles. The second-order valence-corrected chi connectivity index (χ2v) is 3.87. The van der Waals surface area contributed by atoms with Crippen molar-refractivity contribution in [3.05, 3.63) is 35.9 Å². The standard InChI is InChI=1S/C13H15N3O2/c14-12(15)10-8-9-4-1-2-5-11(9)16-13(10)18-7-3-6-17/h1-2,4-5,8,17H,3,6-7H2,(H3,14,15). The van der Waals surface area contributed by atoms with E-state index in [0.29, 0.717) is 24.5 Å². The van der Waals surface area contributed by atoms with Crippen molar-refractivity contribution in [1.29, 1.82) is 5.41 Å².